The summed E-state index contributed by atoms with van der Waals surface area (Å²) in [6, 6.07) is 6.77. The second-order valence-electron chi connectivity index (χ2n) is 4.51. The van der Waals surface area contributed by atoms with Crippen molar-refractivity contribution in [3.63, 3.8) is 0 Å². The van der Waals surface area contributed by atoms with Crippen molar-refractivity contribution in [3.05, 3.63) is 29.8 Å². The Balaban J connectivity index is 2.21. The van der Waals surface area contributed by atoms with E-state index < -0.39 is 15.4 Å². The van der Waals surface area contributed by atoms with Gasteiger partial charge < -0.3 is 5.23 Å². The van der Waals surface area contributed by atoms with Crippen molar-refractivity contribution in [2.75, 3.05) is 11.0 Å². The van der Waals surface area contributed by atoms with E-state index in [0.717, 1.165) is 24.7 Å². The first kappa shape index (κ1) is 12.9. The van der Waals surface area contributed by atoms with Gasteiger partial charge in [0.1, 0.15) is 0 Å². The molecule has 2 radical (unpaired) electrons. The van der Waals surface area contributed by atoms with E-state index in [1.165, 1.54) is 0 Å². The molecule has 2 rings (SSSR count). The van der Waals surface area contributed by atoms with Gasteiger partial charge in [-0.05, 0) is 30.5 Å². The zero-order chi connectivity index (χ0) is 13.4. The highest BCUT2D eigenvalue weighted by atomic mass is 32.2. The van der Waals surface area contributed by atoms with Crippen LogP contribution >= 0.6 is 0 Å². The van der Waals surface area contributed by atoms with Gasteiger partial charge in [0.05, 0.1) is 11.7 Å². The number of carbonyl (C=O) groups excluding carboxylic acids is 1. The summed E-state index contributed by atoms with van der Waals surface area (Å²) in [7, 11) is 1.88. The molecule has 5 nitrogen and oxygen atoms in total. The molecule has 2 N–H and O–H groups in total. The fraction of sp³-hybridized carbons (Fsp3) is 0.364. The molecule has 0 unspecified atom stereocenters. The summed E-state index contributed by atoms with van der Waals surface area (Å²) in [5.41, 5.74) is 0.799. The molecule has 1 aromatic rings. The van der Waals surface area contributed by atoms with E-state index in [1.807, 2.05) is 0 Å². The zero-order valence-electron chi connectivity index (χ0n) is 9.93. The smallest absolute Gasteiger partial charge is 0.229 e. The number of hydrogen-bond acceptors (Lipinski definition) is 3. The first-order valence-electron chi connectivity index (χ1n) is 5.47. The van der Waals surface area contributed by atoms with E-state index in [-0.39, 0.29) is 5.91 Å². The van der Waals surface area contributed by atoms with Crippen LogP contribution in [0.15, 0.2) is 24.3 Å². The van der Waals surface area contributed by atoms with Crippen molar-refractivity contribution < 1.29 is 13.2 Å². The van der Waals surface area contributed by atoms with Gasteiger partial charge in [0.25, 0.3) is 0 Å². The highest BCUT2D eigenvalue weighted by molar-refractivity contribution is 7.92. The number of hydrogen-bond donors (Lipinski definition) is 2. The molecule has 0 spiro atoms. The second kappa shape index (κ2) is 4.31. The molecule has 1 saturated carbocycles. The number of nitrogens with one attached hydrogen (secondary N) is 2. The minimum atomic E-state index is -3.28. The van der Waals surface area contributed by atoms with Crippen LogP contribution in [0.3, 0.4) is 0 Å². The third-order valence-electron chi connectivity index (χ3n) is 3.06. The van der Waals surface area contributed by atoms with Crippen molar-refractivity contribution in [2.24, 2.45) is 0 Å². The molecule has 0 aromatic heterocycles. The zero-order valence-corrected chi connectivity index (χ0v) is 10.8. The van der Waals surface area contributed by atoms with Crippen molar-refractivity contribution in [3.8, 4) is 0 Å². The van der Waals surface area contributed by atoms with Crippen molar-refractivity contribution >= 4 is 29.6 Å². The van der Waals surface area contributed by atoms with Gasteiger partial charge in [0, 0.05) is 5.69 Å². The summed E-state index contributed by atoms with van der Waals surface area (Å²) in [6.45, 7) is 0. The Morgan fingerprint density at radius 3 is 2.22 bits per heavy atom. The van der Waals surface area contributed by atoms with Crippen LogP contribution in [-0.4, -0.2) is 28.6 Å². The molecule has 1 aromatic carbocycles. The summed E-state index contributed by atoms with van der Waals surface area (Å²) in [5, 5.41) is 2.17. The van der Waals surface area contributed by atoms with Gasteiger partial charge in [-0.25, -0.2) is 8.42 Å². The first-order chi connectivity index (χ1) is 8.37. The predicted molar refractivity (Wildman–Crippen MR) is 69.7 cm³/mol. The molecule has 0 saturated heterocycles. The van der Waals surface area contributed by atoms with Gasteiger partial charge in [0.15, 0.2) is 0 Å². The predicted octanol–water partition coefficient (Wildman–Crippen LogP) is 0.289. The van der Waals surface area contributed by atoms with Crippen LogP contribution in [0.5, 0.6) is 0 Å². The first-order valence-corrected chi connectivity index (χ1v) is 7.36. The molecule has 94 valence electrons. The molecule has 1 amide bonds. The lowest BCUT2D eigenvalue weighted by atomic mass is 9.94. The largest absolute Gasteiger partial charge is 0.408 e. The van der Waals surface area contributed by atoms with Gasteiger partial charge in [-0.15, -0.1) is 0 Å². The number of sulfonamides is 1. The number of rotatable bonds is 4. The fourth-order valence-electron chi connectivity index (χ4n) is 1.98. The molecule has 1 aliphatic rings. The maximum absolute atomic E-state index is 11.7. The molecule has 0 aliphatic heterocycles. The quantitative estimate of drug-likeness (QED) is 0.767. The number of anilines is 1. The van der Waals surface area contributed by atoms with Gasteiger partial charge in [-0.3, -0.25) is 9.52 Å². The van der Waals surface area contributed by atoms with Crippen LogP contribution in [-0.2, 0) is 20.2 Å². The highest BCUT2D eigenvalue weighted by Gasteiger charge is 2.50. The van der Waals surface area contributed by atoms with E-state index >= 15 is 0 Å². The van der Waals surface area contributed by atoms with E-state index in [4.69, 9.17) is 7.98 Å². The average Bonchev–Trinajstić information content (AvgIpc) is 3.08. The molecule has 0 atom stereocenters. The maximum atomic E-state index is 11.7. The number of amides is 1. The third kappa shape index (κ3) is 2.50. The van der Waals surface area contributed by atoms with Gasteiger partial charge in [-0.2, -0.15) is 0 Å². The fourth-order valence-corrected chi connectivity index (χ4v) is 2.55. The number of benzene rings is 1. The van der Waals surface area contributed by atoms with Crippen LogP contribution in [0.4, 0.5) is 5.69 Å². The molecule has 18 heavy (non-hydrogen) atoms. The maximum Gasteiger partial charge on any atom is 0.229 e. The molecule has 1 fully saturated rings. The molecule has 1 aliphatic carbocycles. The molecule has 0 heterocycles. The van der Waals surface area contributed by atoms with Crippen molar-refractivity contribution in [2.45, 2.75) is 18.3 Å². The summed E-state index contributed by atoms with van der Waals surface area (Å²) in [5.74, 6) is -0.202. The minimum absolute atomic E-state index is 0.202. The summed E-state index contributed by atoms with van der Waals surface area (Å²) < 4.78 is 24.5. The monoisotopic (exact) mass is 264 g/mol. The van der Waals surface area contributed by atoms with Gasteiger partial charge in [-0.1, -0.05) is 12.1 Å². The SMILES string of the molecule is [B]NC(=O)C1(c2ccc(NS(C)(=O)=O)cc2)CC1. The third-order valence-corrected chi connectivity index (χ3v) is 3.66. The molecular weight excluding hydrogens is 251 g/mol. The standard InChI is InChI=1S/C11H13BN2O3S/c1-18(16,17)14-9-4-2-8(3-5-9)11(6-7-11)10(15)13-12/h2-5,14H,6-7H2,1H3,(H,13,15). The molecule has 7 heteroatoms. The Hall–Kier alpha value is -1.50. The van der Waals surface area contributed by atoms with Crippen LogP contribution in [0, 0.1) is 0 Å². The van der Waals surface area contributed by atoms with E-state index in [1.54, 1.807) is 24.3 Å². The van der Waals surface area contributed by atoms with E-state index in [0.29, 0.717) is 5.69 Å². The Morgan fingerprint density at radius 2 is 1.83 bits per heavy atom. The number of carbonyl (C=O) groups is 1. The summed E-state index contributed by atoms with van der Waals surface area (Å²) >= 11 is 0. The van der Waals surface area contributed by atoms with Crippen LogP contribution in [0.2, 0.25) is 0 Å². The van der Waals surface area contributed by atoms with Crippen LogP contribution < -0.4 is 9.95 Å². The Labute approximate surface area is 107 Å². The topological polar surface area (TPSA) is 75.3 Å². The van der Waals surface area contributed by atoms with Crippen molar-refractivity contribution in [1.82, 2.24) is 5.23 Å². The van der Waals surface area contributed by atoms with Gasteiger partial charge >= 0.3 is 0 Å². The normalized spacial score (nSPS) is 16.9. The molecular formula is C11H13BN2O3S. The van der Waals surface area contributed by atoms with E-state index in [9.17, 15) is 13.2 Å². The lowest BCUT2D eigenvalue weighted by Crippen LogP contribution is -2.32. The van der Waals surface area contributed by atoms with Crippen LogP contribution in [0.25, 0.3) is 0 Å². The van der Waals surface area contributed by atoms with E-state index in [2.05, 4.69) is 9.95 Å². The summed E-state index contributed by atoms with van der Waals surface area (Å²) in [4.78, 5) is 11.7. The second-order valence-corrected chi connectivity index (χ2v) is 6.26. The lowest BCUT2D eigenvalue weighted by molar-refractivity contribution is -0.121. The lowest BCUT2D eigenvalue weighted by Gasteiger charge is -2.14. The van der Waals surface area contributed by atoms with Crippen molar-refractivity contribution in [1.29, 1.82) is 0 Å². The highest BCUT2D eigenvalue weighted by Crippen LogP contribution is 2.48. The average molecular weight is 264 g/mol. The Bertz CT molecular complexity index is 564. The Kier molecular flexibility index (Phi) is 3.10. The minimum Gasteiger partial charge on any atom is -0.408 e. The molecule has 0 bridgehead atoms. The van der Waals surface area contributed by atoms with Crippen LogP contribution in [0.1, 0.15) is 18.4 Å². The van der Waals surface area contributed by atoms with Gasteiger partial charge in [0.2, 0.25) is 23.9 Å². The summed E-state index contributed by atoms with van der Waals surface area (Å²) in [6.07, 6.45) is 2.61. The Morgan fingerprint density at radius 1 is 1.28 bits per heavy atom.